The van der Waals surface area contributed by atoms with Gasteiger partial charge in [-0.1, -0.05) is 28.1 Å². The Morgan fingerprint density at radius 2 is 2.00 bits per heavy atom. The predicted octanol–water partition coefficient (Wildman–Crippen LogP) is 1.59. The molecule has 0 aromatic heterocycles. The van der Waals surface area contributed by atoms with E-state index in [9.17, 15) is 14.4 Å². The van der Waals surface area contributed by atoms with Crippen molar-refractivity contribution in [3.8, 4) is 0 Å². The van der Waals surface area contributed by atoms with Crippen LogP contribution in [0.25, 0.3) is 0 Å². The fraction of sp³-hybridized carbons (Fsp3) is 0.182. The molecule has 5 nitrogen and oxygen atoms in total. The minimum atomic E-state index is -0.878. The summed E-state index contributed by atoms with van der Waals surface area (Å²) in [7, 11) is 0. The highest BCUT2D eigenvalue weighted by atomic mass is 79.9. The Kier molecular flexibility index (Phi) is 2.97. The molecule has 1 aromatic carbocycles. The molecule has 4 amide bonds. The average molecular weight is 297 g/mol. The summed E-state index contributed by atoms with van der Waals surface area (Å²) in [6.45, 7) is 1.69. The lowest BCUT2D eigenvalue weighted by Gasteiger charge is -2.20. The largest absolute Gasteiger partial charge is 0.332 e. The summed E-state index contributed by atoms with van der Waals surface area (Å²) in [5.41, 5.74) is 0.776. The predicted molar refractivity (Wildman–Crippen MR) is 62.9 cm³/mol. The van der Waals surface area contributed by atoms with Crippen LogP contribution < -0.4 is 5.32 Å². The van der Waals surface area contributed by atoms with E-state index in [1.54, 1.807) is 25.1 Å². The summed E-state index contributed by atoms with van der Waals surface area (Å²) < 4.78 is 0.847. The molecule has 1 fully saturated rings. The van der Waals surface area contributed by atoms with E-state index in [0.29, 0.717) is 0 Å². The first-order chi connectivity index (χ1) is 8.00. The molecule has 2 rings (SSSR count). The number of benzene rings is 1. The highest BCUT2D eigenvalue weighted by Gasteiger charge is 2.40. The quantitative estimate of drug-likeness (QED) is 0.666. The Morgan fingerprint density at radius 1 is 1.29 bits per heavy atom. The van der Waals surface area contributed by atoms with Gasteiger partial charge in [0, 0.05) is 4.47 Å². The van der Waals surface area contributed by atoms with Crippen LogP contribution in [0.5, 0.6) is 0 Å². The third-order valence-electron chi connectivity index (χ3n) is 2.57. The first-order valence-corrected chi connectivity index (χ1v) is 5.74. The molecule has 17 heavy (non-hydrogen) atoms. The number of amides is 4. The maximum absolute atomic E-state index is 11.5. The molecule has 1 saturated heterocycles. The van der Waals surface area contributed by atoms with Gasteiger partial charge in [-0.05, 0) is 24.6 Å². The minimum Gasteiger partial charge on any atom is -0.269 e. The molecule has 88 valence electrons. The summed E-state index contributed by atoms with van der Waals surface area (Å²) in [5, 5.41) is 1.97. The van der Waals surface area contributed by atoms with Crippen LogP contribution >= 0.6 is 15.9 Å². The van der Waals surface area contributed by atoms with Crippen LogP contribution in [0, 0.1) is 0 Å². The van der Waals surface area contributed by atoms with Crippen LogP contribution in [-0.4, -0.2) is 22.7 Å². The summed E-state index contributed by atoms with van der Waals surface area (Å²) in [5.74, 6) is -1.70. The number of carbonyl (C=O) groups excluding carboxylic acids is 3. The van der Waals surface area contributed by atoms with E-state index in [-0.39, 0.29) is 0 Å². The maximum Gasteiger partial charge on any atom is 0.332 e. The number of nitrogens with one attached hydrogen (secondary N) is 1. The first-order valence-electron chi connectivity index (χ1n) is 4.94. The van der Waals surface area contributed by atoms with E-state index in [1.165, 1.54) is 0 Å². The number of hydrogen-bond acceptors (Lipinski definition) is 3. The molecule has 1 aliphatic rings. The molecule has 0 aliphatic carbocycles. The van der Waals surface area contributed by atoms with Gasteiger partial charge in [0.15, 0.2) is 0 Å². The second-order valence-corrected chi connectivity index (χ2v) is 4.58. The molecule has 6 heteroatoms. The number of rotatable bonds is 2. The van der Waals surface area contributed by atoms with Crippen LogP contribution in [0.4, 0.5) is 4.79 Å². The van der Waals surface area contributed by atoms with Crippen molar-refractivity contribution in [2.75, 3.05) is 0 Å². The van der Waals surface area contributed by atoms with Crippen LogP contribution in [0.1, 0.15) is 18.5 Å². The molecule has 1 aliphatic heterocycles. The fourth-order valence-corrected chi connectivity index (χ4v) is 2.10. The number of hydrogen-bond donors (Lipinski definition) is 1. The number of carbonyl (C=O) groups is 3. The smallest absolute Gasteiger partial charge is 0.269 e. The Balaban J connectivity index is 2.32. The number of imide groups is 2. The summed E-state index contributed by atoms with van der Waals surface area (Å²) in [4.78, 5) is 34.9. The summed E-state index contributed by atoms with van der Waals surface area (Å²) in [6.07, 6.45) is 0. The van der Waals surface area contributed by atoms with Gasteiger partial charge in [0.25, 0.3) is 0 Å². The van der Waals surface area contributed by atoms with Crippen molar-refractivity contribution < 1.29 is 14.4 Å². The third-order valence-corrected chi connectivity index (χ3v) is 3.06. The summed E-state index contributed by atoms with van der Waals surface area (Å²) in [6, 6.07) is 6.08. The Labute approximate surface area is 106 Å². The highest BCUT2D eigenvalue weighted by molar-refractivity contribution is 9.10. The SMILES string of the molecule is CC(c1cccc(Br)c1)N1C(=O)NC(=O)C1=O. The standard InChI is InChI=1S/C11H9BrN2O3/c1-6(7-3-2-4-8(12)5-7)14-10(16)9(15)13-11(14)17/h2-6H,1H3,(H,13,15,17). The van der Waals surface area contributed by atoms with Crippen LogP contribution in [0.15, 0.2) is 28.7 Å². The minimum absolute atomic E-state index is 0.480. The molecular weight excluding hydrogens is 288 g/mol. The maximum atomic E-state index is 11.5. The van der Waals surface area contributed by atoms with Gasteiger partial charge in [-0.3, -0.25) is 14.9 Å². The van der Waals surface area contributed by atoms with Gasteiger partial charge < -0.3 is 0 Å². The molecule has 0 spiro atoms. The van der Waals surface area contributed by atoms with Crippen LogP contribution in [-0.2, 0) is 9.59 Å². The van der Waals surface area contributed by atoms with Gasteiger partial charge in [-0.25, -0.2) is 9.69 Å². The van der Waals surface area contributed by atoms with Crippen LogP contribution in [0.3, 0.4) is 0 Å². The first kappa shape index (κ1) is 11.8. The summed E-state index contributed by atoms with van der Waals surface area (Å²) >= 11 is 3.31. The lowest BCUT2D eigenvalue weighted by atomic mass is 10.1. The lowest BCUT2D eigenvalue weighted by molar-refractivity contribution is -0.141. The van der Waals surface area contributed by atoms with Gasteiger partial charge in [0.05, 0.1) is 6.04 Å². The van der Waals surface area contributed by atoms with Crippen molar-refractivity contribution in [2.45, 2.75) is 13.0 Å². The molecule has 1 unspecified atom stereocenters. The second-order valence-electron chi connectivity index (χ2n) is 3.67. The molecule has 0 radical (unpaired) electrons. The number of nitrogens with zero attached hydrogens (tertiary/aromatic N) is 1. The molecule has 1 heterocycles. The van der Waals surface area contributed by atoms with E-state index in [1.807, 2.05) is 11.4 Å². The molecule has 1 atom stereocenters. The third kappa shape index (κ3) is 2.08. The normalized spacial score (nSPS) is 17.3. The van der Waals surface area contributed by atoms with E-state index in [4.69, 9.17) is 0 Å². The highest BCUT2D eigenvalue weighted by Crippen LogP contribution is 2.24. The van der Waals surface area contributed by atoms with Crippen molar-refractivity contribution in [3.63, 3.8) is 0 Å². The van der Waals surface area contributed by atoms with Gasteiger partial charge in [0.1, 0.15) is 0 Å². The number of urea groups is 1. The van der Waals surface area contributed by atoms with Gasteiger partial charge in [-0.2, -0.15) is 0 Å². The zero-order chi connectivity index (χ0) is 12.6. The van der Waals surface area contributed by atoms with Crippen LogP contribution in [0.2, 0.25) is 0 Å². The topological polar surface area (TPSA) is 66.5 Å². The van der Waals surface area contributed by atoms with Gasteiger partial charge in [-0.15, -0.1) is 0 Å². The zero-order valence-corrected chi connectivity index (χ0v) is 10.5. The molecule has 1 aromatic rings. The lowest BCUT2D eigenvalue weighted by Crippen LogP contribution is -2.33. The zero-order valence-electron chi connectivity index (χ0n) is 8.94. The van der Waals surface area contributed by atoms with Gasteiger partial charge >= 0.3 is 17.8 Å². The van der Waals surface area contributed by atoms with E-state index in [2.05, 4.69) is 15.9 Å². The molecule has 0 saturated carbocycles. The monoisotopic (exact) mass is 296 g/mol. The van der Waals surface area contributed by atoms with Crippen molar-refractivity contribution in [2.24, 2.45) is 0 Å². The fourth-order valence-electron chi connectivity index (χ4n) is 1.68. The van der Waals surface area contributed by atoms with Crippen molar-refractivity contribution in [1.82, 2.24) is 10.2 Å². The van der Waals surface area contributed by atoms with Crippen molar-refractivity contribution >= 4 is 33.8 Å². The Morgan fingerprint density at radius 3 is 2.53 bits per heavy atom. The molecular formula is C11H9BrN2O3. The Hall–Kier alpha value is -1.69. The van der Waals surface area contributed by atoms with E-state index < -0.39 is 23.9 Å². The van der Waals surface area contributed by atoms with Gasteiger partial charge in [0.2, 0.25) is 0 Å². The van der Waals surface area contributed by atoms with Crippen molar-refractivity contribution in [1.29, 1.82) is 0 Å². The Bertz CT molecular complexity index is 515. The van der Waals surface area contributed by atoms with Crippen molar-refractivity contribution in [3.05, 3.63) is 34.3 Å². The molecule has 0 bridgehead atoms. The second kappa shape index (κ2) is 4.29. The van der Waals surface area contributed by atoms with E-state index in [0.717, 1.165) is 14.9 Å². The number of halogens is 1. The molecule has 1 N–H and O–H groups in total. The average Bonchev–Trinajstić information content (AvgIpc) is 2.52. The van der Waals surface area contributed by atoms with E-state index >= 15 is 0 Å².